The molecule has 6 nitrogen and oxygen atoms in total. The summed E-state index contributed by atoms with van der Waals surface area (Å²) in [5.41, 5.74) is 2.01. The van der Waals surface area contributed by atoms with Crippen LogP contribution in [-0.2, 0) is 16.1 Å². The molecule has 2 rings (SSSR count). The van der Waals surface area contributed by atoms with Crippen LogP contribution in [0.15, 0.2) is 23.5 Å². The van der Waals surface area contributed by atoms with E-state index in [0.29, 0.717) is 6.54 Å². The number of hydrogen-bond donors (Lipinski definition) is 2. The molecule has 2 amide bonds. The second-order valence-electron chi connectivity index (χ2n) is 3.38. The summed E-state index contributed by atoms with van der Waals surface area (Å²) in [5, 5.41) is 4.65. The van der Waals surface area contributed by atoms with Crippen LogP contribution in [0.3, 0.4) is 0 Å². The van der Waals surface area contributed by atoms with Crippen molar-refractivity contribution in [2.75, 3.05) is 0 Å². The van der Waals surface area contributed by atoms with Gasteiger partial charge in [0.2, 0.25) is 5.96 Å². The third-order valence-corrected chi connectivity index (χ3v) is 2.23. The molecule has 0 saturated carbocycles. The number of hydrogen-bond acceptors (Lipinski definition) is 4. The molecule has 0 unspecified atom stereocenters. The second-order valence-corrected chi connectivity index (χ2v) is 3.38. The minimum Gasteiger partial charge on any atom is -0.288 e. The minimum absolute atomic E-state index is 0.193. The van der Waals surface area contributed by atoms with Gasteiger partial charge in [0.1, 0.15) is 0 Å². The smallest absolute Gasteiger partial charge is 0.288 e. The first-order valence-corrected chi connectivity index (χ1v) is 4.73. The molecule has 0 bridgehead atoms. The van der Waals surface area contributed by atoms with Crippen LogP contribution in [0, 0.1) is 6.92 Å². The quantitative estimate of drug-likeness (QED) is 0.656. The highest BCUT2D eigenvalue weighted by atomic mass is 16.2. The van der Waals surface area contributed by atoms with Gasteiger partial charge in [-0.15, -0.1) is 0 Å². The van der Waals surface area contributed by atoms with Gasteiger partial charge in [-0.25, -0.2) is 4.99 Å². The first kappa shape index (κ1) is 10.3. The largest absolute Gasteiger partial charge is 0.316 e. The van der Waals surface area contributed by atoms with Crippen molar-refractivity contribution in [1.29, 1.82) is 0 Å². The number of guanidine groups is 1. The molecule has 1 aliphatic heterocycles. The van der Waals surface area contributed by atoms with Crippen LogP contribution >= 0.6 is 0 Å². The lowest BCUT2D eigenvalue weighted by atomic mass is 10.2. The number of rotatable bonds is 2. The third-order valence-electron chi connectivity index (χ3n) is 2.23. The highest BCUT2D eigenvalue weighted by Gasteiger charge is 2.24. The second kappa shape index (κ2) is 4.09. The Morgan fingerprint density at radius 1 is 1.31 bits per heavy atom. The summed E-state index contributed by atoms with van der Waals surface area (Å²) in [6, 6.07) is 1.88. The molecule has 82 valence electrons. The Kier molecular flexibility index (Phi) is 2.63. The first-order valence-electron chi connectivity index (χ1n) is 4.73. The summed E-state index contributed by atoms with van der Waals surface area (Å²) in [5.74, 6) is -1.17. The normalized spacial score (nSPS) is 14.7. The minimum atomic E-state index is -0.679. The zero-order chi connectivity index (χ0) is 11.5. The van der Waals surface area contributed by atoms with E-state index < -0.39 is 11.8 Å². The zero-order valence-electron chi connectivity index (χ0n) is 8.65. The van der Waals surface area contributed by atoms with Crippen molar-refractivity contribution in [3.05, 3.63) is 29.6 Å². The Morgan fingerprint density at radius 3 is 2.62 bits per heavy atom. The van der Waals surface area contributed by atoms with Crippen molar-refractivity contribution in [1.82, 2.24) is 15.6 Å². The Morgan fingerprint density at radius 2 is 2.00 bits per heavy atom. The Hall–Kier alpha value is -2.24. The van der Waals surface area contributed by atoms with Crippen LogP contribution < -0.4 is 10.6 Å². The van der Waals surface area contributed by atoms with Crippen LogP contribution in [0.5, 0.6) is 0 Å². The van der Waals surface area contributed by atoms with Gasteiger partial charge < -0.3 is 0 Å². The van der Waals surface area contributed by atoms with Gasteiger partial charge >= 0.3 is 11.8 Å². The number of amides is 2. The van der Waals surface area contributed by atoms with Gasteiger partial charge in [0.05, 0.1) is 6.54 Å². The molecule has 1 aliphatic rings. The molecule has 2 N–H and O–H groups in total. The van der Waals surface area contributed by atoms with Crippen LogP contribution in [-0.4, -0.2) is 22.8 Å². The van der Waals surface area contributed by atoms with Gasteiger partial charge in [-0.2, -0.15) is 0 Å². The van der Waals surface area contributed by atoms with Gasteiger partial charge in [0.15, 0.2) is 0 Å². The summed E-state index contributed by atoms with van der Waals surface area (Å²) in [4.78, 5) is 29.7. The monoisotopic (exact) mass is 218 g/mol. The van der Waals surface area contributed by atoms with E-state index in [1.165, 1.54) is 0 Å². The van der Waals surface area contributed by atoms with Crippen molar-refractivity contribution in [3.63, 3.8) is 0 Å². The number of carbonyl (C=O) groups excluding carboxylic acids is 2. The molecule has 0 aliphatic carbocycles. The zero-order valence-corrected chi connectivity index (χ0v) is 8.65. The summed E-state index contributed by atoms with van der Waals surface area (Å²) in [7, 11) is 0. The molecule has 1 fully saturated rings. The van der Waals surface area contributed by atoms with Gasteiger partial charge in [-0.05, 0) is 24.1 Å². The van der Waals surface area contributed by atoms with E-state index in [2.05, 4.69) is 20.6 Å². The lowest BCUT2D eigenvalue weighted by Gasteiger charge is -2.01. The Labute approximate surface area is 91.8 Å². The van der Waals surface area contributed by atoms with Crippen LogP contribution in [0.1, 0.15) is 11.1 Å². The van der Waals surface area contributed by atoms with Crippen LogP contribution in [0.2, 0.25) is 0 Å². The molecule has 16 heavy (non-hydrogen) atoms. The number of pyridine rings is 1. The molecule has 1 saturated heterocycles. The summed E-state index contributed by atoms with van der Waals surface area (Å²) in [6.45, 7) is 2.32. The number of aryl methyl sites for hydroxylation is 1. The lowest BCUT2D eigenvalue weighted by Crippen LogP contribution is -2.25. The molecule has 1 aromatic rings. The van der Waals surface area contributed by atoms with Gasteiger partial charge in [-0.3, -0.25) is 25.2 Å². The predicted molar refractivity (Wildman–Crippen MR) is 56.4 cm³/mol. The van der Waals surface area contributed by atoms with E-state index >= 15 is 0 Å². The summed E-state index contributed by atoms with van der Waals surface area (Å²) < 4.78 is 0. The standard InChI is InChI=1S/C10H10N4O2/c1-6-2-3-11-4-7(6)5-12-10-13-8(15)9(16)14-10/h2-4H,5H2,1H3,(H2,12,13,14,15,16). The van der Waals surface area contributed by atoms with E-state index in [0.717, 1.165) is 11.1 Å². The molecule has 6 heteroatoms. The summed E-state index contributed by atoms with van der Waals surface area (Å²) >= 11 is 0. The highest BCUT2D eigenvalue weighted by molar-refractivity contribution is 6.45. The number of aromatic nitrogens is 1. The van der Waals surface area contributed by atoms with Crippen molar-refractivity contribution in [2.45, 2.75) is 13.5 Å². The van der Waals surface area contributed by atoms with E-state index in [9.17, 15) is 9.59 Å². The van der Waals surface area contributed by atoms with Gasteiger partial charge in [0, 0.05) is 12.4 Å². The maximum Gasteiger partial charge on any atom is 0.316 e. The number of aliphatic imine (C=N–C) groups is 1. The van der Waals surface area contributed by atoms with Crippen LogP contribution in [0.4, 0.5) is 0 Å². The van der Waals surface area contributed by atoms with Crippen molar-refractivity contribution in [3.8, 4) is 0 Å². The fraction of sp³-hybridized carbons (Fsp3) is 0.200. The first-order chi connectivity index (χ1) is 7.66. The Bertz CT molecular complexity index is 463. The average molecular weight is 218 g/mol. The average Bonchev–Trinajstić information content (AvgIpc) is 2.57. The molecule has 0 radical (unpaired) electrons. The van der Waals surface area contributed by atoms with E-state index in [1.54, 1.807) is 12.4 Å². The topological polar surface area (TPSA) is 83.5 Å². The molecule has 0 aromatic carbocycles. The van der Waals surface area contributed by atoms with E-state index in [-0.39, 0.29) is 5.96 Å². The fourth-order valence-electron chi connectivity index (χ4n) is 1.27. The Balaban J connectivity index is 2.08. The van der Waals surface area contributed by atoms with Crippen molar-refractivity contribution in [2.24, 2.45) is 4.99 Å². The van der Waals surface area contributed by atoms with Crippen molar-refractivity contribution >= 4 is 17.8 Å². The van der Waals surface area contributed by atoms with E-state index in [4.69, 9.17) is 0 Å². The molecular formula is C10H10N4O2. The molecular weight excluding hydrogens is 208 g/mol. The molecule has 1 aromatic heterocycles. The molecule has 2 heterocycles. The lowest BCUT2D eigenvalue weighted by molar-refractivity contribution is -0.135. The molecule has 0 atom stereocenters. The van der Waals surface area contributed by atoms with Gasteiger partial charge in [0.25, 0.3) is 0 Å². The number of nitrogens with one attached hydrogen (secondary N) is 2. The maximum absolute atomic E-state index is 10.8. The number of nitrogens with zero attached hydrogens (tertiary/aromatic N) is 2. The molecule has 0 spiro atoms. The summed E-state index contributed by atoms with van der Waals surface area (Å²) in [6.07, 6.45) is 3.41. The van der Waals surface area contributed by atoms with Crippen LogP contribution in [0.25, 0.3) is 0 Å². The fourth-order valence-corrected chi connectivity index (χ4v) is 1.27. The predicted octanol–water partition coefficient (Wildman–Crippen LogP) is -0.508. The van der Waals surface area contributed by atoms with E-state index in [1.807, 2.05) is 13.0 Å². The number of carbonyl (C=O) groups is 2. The van der Waals surface area contributed by atoms with Crippen molar-refractivity contribution < 1.29 is 9.59 Å². The van der Waals surface area contributed by atoms with Gasteiger partial charge in [-0.1, -0.05) is 0 Å². The third kappa shape index (κ3) is 2.05. The SMILES string of the molecule is Cc1ccncc1CN=C1NC(=O)C(=O)N1. The maximum atomic E-state index is 10.8. The highest BCUT2D eigenvalue weighted by Crippen LogP contribution is 2.06.